The summed E-state index contributed by atoms with van der Waals surface area (Å²) in [6, 6.07) is 5.48. The standard InChI is InChI=1S/C13H19N3O4S/c1-14-13(17)9-3-5-10(6-4-9)21(18,19)16-11-7-15-8-12(11)20-2/h3-6,11-12,15-16H,7-8H2,1-2H3,(H,14,17)/t11?,12-/m0/s1. The predicted octanol–water partition coefficient (Wildman–Crippen LogP) is -0.689. The molecule has 1 aliphatic rings. The molecule has 1 aromatic carbocycles. The lowest BCUT2D eigenvalue weighted by molar-refractivity contribution is 0.0963. The second-order valence-corrected chi connectivity index (χ2v) is 6.48. The van der Waals surface area contributed by atoms with Crippen molar-refractivity contribution in [1.29, 1.82) is 0 Å². The largest absolute Gasteiger partial charge is 0.378 e. The molecule has 0 radical (unpaired) electrons. The minimum absolute atomic E-state index is 0.122. The maximum Gasteiger partial charge on any atom is 0.251 e. The first-order chi connectivity index (χ1) is 9.97. The van der Waals surface area contributed by atoms with Crippen LogP contribution in [0.4, 0.5) is 0 Å². The highest BCUT2D eigenvalue weighted by atomic mass is 32.2. The number of methoxy groups -OCH3 is 1. The predicted molar refractivity (Wildman–Crippen MR) is 77.6 cm³/mol. The van der Waals surface area contributed by atoms with E-state index >= 15 is 0 Å². The number of carbonyl (C=O) groups is 1. The fourth-order valence-corrected chi connectivity index (χ4v) is 3.48. The van der Waals surface area contributed by atoms with Crippen molar-refractivity contribution >= 4 is 15.9 Å². The average Bonchev–Trinajstić information content (AvgIpc) is 2.93. The van der Waals surface area contributed by atoms with E-state index in [1.807, 2.05) is 0 Å². The Kier molecular flexibility index (Phi) is 4.94. The highest BCUT2D eigenvalue weighted by Gasteiger charge is 2.31. The van der Waals surface area contributed by atoms with Crippen LogP contribution in [0.25, 0.3) is 0 Å². The highest BCUT2D eigenvalue weighted by Crippen LogP contribution is 2.13. The number of amides is 1. The van der Waals surface area contributed by atoms with Gasteiger partial charge in [0.2, 0.25) is 10.0 Å². The lowest BCUT2D eigenvalue weighted by atomic mass is 10.2. The monoisotopic (exact) mass is 313 g/mol. The first kappa shape index (κ1) is 15.9. The van der Waals surface area contributed by atoms with E-state index in [0.717, 1.165) is 0 Å². The third-order valence-corrected chi connectivity index (χ3v) is 4.93. The lowest BCUT2D eigenvalue weighted by Gasteiger charge is -2.18. The van der Waals surface area contributed by atoms with Gasteiger partial charge in [-0.2, -0.15) is 0 Å². The van der Waals surface area contributed by atoms with Crippen molar-refractivity contribution in [2.75, 3.05) is 27.2 Å². The Morgan fingerprint density at radius 3 is 2.52 bits per heavy atom. The van der Waals surface area contributed by atoms with E-state index in [-0.39, 0.29) is 22.9 Å². The first-order valence-corrected chi connectivity index (χ1v) is 8.04. The van der Waals surface area contributed by atoms with E-state index in [0.29, 0.717) is 18.7 Å². The van der Waals surface area contributed by atoms with Gasteiger partial charge in [0.05, 0.1) is 17.0 Å². The molecule has 1 amide bonds. The molecule has 7 nitrogen and oxygen atoms in total. The summed E-state index contributed by atoms with van der Waals surface area (Å²) in [6.45, 7) is 1.13. The van der Waals surface area contributed by atoms with Crippen LogP contribution in [0.2, 0.25) is 0 Å². The summed E-state index contributed by atoms with van der Waals surface area (Å²) in [7, 11) is -0.565. The third kappa shape index (κ3) is 3.59. The van der Waals surface area contributed by atoms with Gasteiger partial charge in [-0.25, -0.2) is 13.1 Å². The minimum Gasteiger partial charge on any atom is -0.378 e. The van der Waals surface area contributed by atoms with Gasteiger partial charge in [0.1, 0.15) is 0 Å². The van der Waals surface area contributed by atoms with Gasteiger partial charge in [-0.15, -0.1) is 0 Å². The van der Waals surface area contributed by atoms with Crippen molar-refractivity contribution in [3.63, 3.8) is 0 Å². The molecule has 1 unspecified atom stereocenters. The Labute approximate surface area is 124 Å². The van der Waals surface area contributed by atoms with Crippen LogP contribution in [-0.4, -0.2) is 53.7 Å². The molecular formula is C13H19N3O4S. The molecular weight excluding hydrogens is 294 g/mol. The van der Waals surface area contributed by atoms with Gasteiger partial charge in [-0.3, -0.25) is 4.79 Å². The fourth-order valence-electron chi connectivity index (χ4n) is 2.22. The molecule has 0 saturated carbocycles. The number of ether oxygens (including phenoxy) is 1. The Hall–Kier alpha value is -1.48. The quantitative estimate of drug-likeness (QED) is 0.669. The molecule has 116 valence electrons. The molecule has 1 heterocycles. The molecule has 2 rings (SSSR count). The van der Waals surface area contributed by atoms with Gasteiger partial charge in [0, 0.05) is 32.8 Å². The van der Waals surface area contributed by atoms with E-state index < -0.39 is 10.0 Å². The molecule has 1 fully saturated rings. The van der Waals surface area contributed by atoms with Gasteiger partial charge < -0.3 is 15.4 Å². The number of nitrogens with one attached hydrogen (secondary N) is 3. The maximum absolute atomic E-state index is 12.3. The zero-order chi connectivity index (χ0) is 15.5. The molecule has 0 aromatic heterocycles. The van der Waals surface area contributed by atoms with Crippen LogP contribution in [0.1, 0.15) is 10.4 Å². The molecule has 0 spiro atoms. The van der Waals surface area contributed by atoms with E-state index in [9.17, 15) is 13.2 Å². The molecule has 1 saturated heterocycles. The van der Waals surface area contributed by atoms with Crippen molar-refractivity contribution in [3.05, 3.63) is 29.8 Å². The van der Waals surface area contributed by atoms with E-state index in [1.54, 1.807) is 7.11 Å². The number of hydrogen-bond donors (Lipinski definition) is 3. The van der Waals surface area contributed by atoms with Crippen LogP contribution in [0.5, 0.6) is 0 Å². The summed E-state index contributed by atoms with van der Waals surface area (Å²) >= 11 is 0. The molecule has 0 bridgehead atoms. The third-order valence-electron chi connectivity index (χ3n) is 3.42. The normalized spacial score (nSPS) is 22.2. The Morgan fingerprint density at radius 2 is 1.95 bits per heavy atom. The summed E-state index contributed by atoms with van der Waals surface area (Å²) in [6.07, 6.45) is -0.190. The lowest BCUT2D eigenvalue weighted by Crippen LogP contribution is -2.43. The Bertz CT molecular complexity index is 600. The molecule has 1 aliphatic heterocycles. The number of sulfonamides is 1. The van der Waals surface area contributed by atoms with Crippen molar-refractivity contribution in [2.24, 2.45) is 0 Å². The summed E-state index contributed by atoms with van der Waals surface area (Å²) in [5.41, 5.74) is 0.411. The van der Waals surface area contributed by atoms with Gasteiger partial charge in [-0.1, -0.05) is 0 Å². The smallest absolute Gasteiger partial charge is 0.251 e. The zero-order valence-corrected chi connectivity index (χ0v) is 12.7. The van der Waals surface area contributed by atoms with Gasteiger partial charge >= 0.3 is 0 Å². The van der Waals surface area contributed by atoms with Gasteiger partial charge in [0.25, 0.3) is 5.91 Å². The highest BCUT2D eigenvalue weighted by molar-refractivity contribution is 7.89. The number of hydrogen-bond acceptors (Lipinski definition) is 5. The van der Waals surface area contributed by atoms with Crippen molar-refractivity contribution in [1.82, 2.24) is 15.4 Å². The fraction of sp³-hybridized carbons (Fsp3) is 0.462. The average molecular weight is 313 g/mol. The van der Waals surface area contributed by atoms with Crippen LogP contribution in [0.15, 0.2) is 29.2 Å². The minimum atomic E-state index is -3.64. The van der Waals surface area contributed by atoms with Crippen LogP contribution in [0, 0.1) is 0 Å². The van der Waals surface area contributed by atoms with Crippen molar-refractivity contribution in [2.45, 2.75) is 17.0 Å². The summed E-state index contributed by atoms with van der Waals surface area (Å²) in [5, 5.41) is 5.56. The van der Waals surface area contributed by atoms with E-state index in [1.165, 1.54) is 31.3 Å². The van der Waals surface area contributed by atoms with Gasteiger partial charge in [0.15, 0.2) is 0 Å². The number of benzene rings is 1. The summed E-state index contributed by atoms with van der Waals surface area (Å²) in [4.78, 5) is 11.6. The SMILES string of the molecule is CNC(=O)c1ccc(S(=O)(=O)NC2CNC[C@@H]2OC)cc1. The van der Waals surface area contributed by atoms with Crippen LogP contribution >= 0.6 is 0 Å². The number of rotatable bonds is 5. The molecule has 8 heteroatoms. The molecule has 0 aliphatic carbocycles. The first-order valence-electron chi connectivity index (χ1n) is 6.56. The van der Waals surface area contributed by atoms with Crippen molar-refractivity contribution < 1.29 is 17.9 Å². The molecule has 3 N–H and O–H groups in total. The van der Waals surface area contributed by atoms with Gasteiger partial charge in [-0.05, 0) is 24.3 Å². The Balaban J connectivity index is 2.14. The molecule has 1 aromatic rings. The van der Waals surface area contributed by atoms with E-state index in [4.69, 9.17) is 4.74 Å². The van der Waals surface area contributed by atoms with Crippen LogP contribution in [0.3, 0.4) is 0 Å². The van der Waals surface area contributed by atoms with Crippen LogP contribution < -0.4 is 15.4 Å². The summed E-state index contributed by atoms with van der Waals surface area (Å²) < 4.78 is 32.5. The van der Waals surface area contributed by atoms with Crippen LogP contribution in [-0.2, 0) is 14.8 Å². The maximum atomic E-state index is 12.3. The topological polar surface area (TPSA) is 96.5 Å². The van der Waals surface area contributed by atoms with Crippen molar-refractivity contribution in [3.8, 4) is 0 Å². The molecule has 21 heavy (non-hydrogen) atoms. The van der Waals surface area contributed by atoms with E-state index in [2.05, 4.69) is 15.4 Å². The zero-order valence-electron chi connectivity index (χ0n) is 11.9. The second-order valence-electron chi connectivity index (χ2n) is 4.76. The number of carbonyl (C=O) groups excluding carboxylic acids is 1. The summed E-state index contributed by atoms with van der Waals surface area (Å²) in [5.74, 6) is -0.258. The Morgan fingerprint density at radius 1 is 1.29 bits per heavy atom. The molecule has 2 atom stereocenters. The second kappa shape index (κ2) is 6.52.